The molecule has 1 unspecified atom stereocenters. The first-order valence-corrected chi connectivity index (χ1v) is 9.75. The van der Waals surface area contributed by atoms with Crippen molar-refractivity contribution in [2.75, 3.05) is 13.1 Å². The quantitative estimate of drug-likeness (QED) is 0.610. The normalized spacial score (nSPS) is 17.7. The monoisotopic (exact) mass is 407 g/mol. The minimum absolute atomic E-state index is 0.161. The lowest BCUT2D eigenvalue weighted by atomic mass is 9.89. The van der Waals surface area contributed by atoms with Crippen LogP contribution in [0.3, 0.4) is 0 Å². The Bertz CT molecular complexity index is 836. The Morgan fingerprint density at radius 1 is 1.30 bits per heavy atom. The van der Waals surface area contributed by atoms with E-state index in [1.165, 1.54) is 6.20 Å². The fourth-order valence-electron chi connectivity index (χ4n) is 3.23. The minimum Gasteiger partial charge on any atom is -0.444 e. The Balaban J connectivity index is 1.80. The second-order valence-corrected chi connectivity index (χ2v) is 8.47. The standard InChI is InChI=1S/C20H23Cl2N3O2/c1-20(2,3)27-19(26)25-9-5-8-15(12-25)13-6-4-7-14(10-13)17-16(21)11-23-18(22)24-17/h4,6-7,10-11,15H,5,8-9,12H2,1-3H3. The number of piperidine rings is 1. The van der Waals surface area contributed by atoms with Crippen molar-refractivity contribution in [3.63, 3.8) is 0 Å². The van der Waals surface area contributed by atoms with Crippen LogP contribution in [0, 0.1) is 0 Å². The van der Waals surface area contributed by atoms with Crippen LogP contribution < -0.4 is 0 Å². The van der Waals surface area contributed by atoms with Gasteiger partial charge >= 0.3 is 6.09 Å². The van der Waals surface area contributed by atoms with Gasteiger partial charge in [0.2, 0.25) is 5.28 Å². The number of halogens is 2. The maximum absolute atomic E-state index is 12.4. The van der Waals surface area contributed by atoms with E-state index >= 15 is 0 Å². The average Bonchev–Trinajstić information content (AvgIpc) is 2.62. The molecular weight excluding hydrogens is 385 g/mol. The molecule has 7 heteroatoms. The van der Waals surface area contributed by atoms with E-state index < -0.39 is 5.60 Å². The third-order valence-corrected chi connectivity index (χ3v) is 4.88. The molecule has 3 rings (SSSR count). The first-order chi connectivity index (χ1) is 12.7. The maximum Gasteiger partial charge on any atom is 0.410 e. The predicted molar refractivity (Wildman–Crippen MR) is 107 cm³/mol. The number of hydrogen-bond donors (Lipinski definition) is 0. The van der Waals surface area contributed by atoms with Gasteiger partial charge in [-0.1, -0.05) is 29.8 Å². The van der Waals surface area contributed by atoms with Gasteiger partial charge in [-0.2, -0.15) is 0 Å². The van der Waals surface area contributed by atoms with Crippen molar-refractivity contribution in [1.29, 1.82) is 0 Å². The molecular formula is C20H23Cl2N3O2. The van der Waals surface area contributed by atoms with Crippen molar-refractivity contribution in [2.45, 2.75) is 45.1 Å². The van der Waals surface area contributed by atoms with Gasteiger partial charge in [0.15, 0.2) is 0 Å². The number of carbonyl (C=O) groups excluding carboxylic acids is 1. The van der Waals surface area contributed by atoms with Crippen LogP contribution in [-0.4, -0.2) is 39.7 Å². The Morgan fingerprint density at radius 2 is 2.07 bits per heavy atom. The topological polar surface area (TPSA) is 55.3 Å². The molecule has 144 valence electrons. The van der Waals surface area contributed by atoms with Crippen LogP contribution in [0.25, 0.3) is 11.3 Å². The number of carbonyl (C=O) groups is 1. The van der Waals surface area contributed by atoms with Crippen molar-refractivity contribution >= 4 is 29.3 Å². The molecule has 1 aromatic heterocycles. The Kier molecular flexibility index (Phi) is 5.92. The van der Waals surface area contributed by atoms with Gasteiger partial charge in [-0.15, -0.1) is 0 Å². The molecule has 0 spiro atoms. The summed E-state index contributed by atoms with van der Waals surface area (Å²) in [4.78, 5) is 22.4. The van der Waals surface area contributed by atoms with E-state index in [-0.39, 0.29) is 17.3 Å². The lowest BCUT2D eigenvalue weighted by Gasteiger charge is -2.34. The third-order valence-electron chi connectivity index (χ3n) is 4.42. The predicted octanol–water partition coefficient (Wildman–Crippen LogP) is 5.56. The summed E-state index contributed by atoms with van der Waals surface area (Å²) in [6, 6.07) is 8.06. The molecule has 1 aliphatic heterocycles. The SMILES string of the molecule is CC(C)(C)OC(=O)N1CCCC(c2cccc(-c3nc(Cl)ncc3Cl)c2)C1. The van der Waals surface area contributed by atoms with Crippen molar-refractivity contribution in [3.8, 4) is 11.3 Å². The van der Waals surface area contributed by atoms with Gasteiger partial charge in [-0.3, -0.25) is 0 Å². The highest BCUT2D eigenvalue weighted by molar-refractivity contribution is 6.33. The maximum atomic E-state index is 12.4. The highest BCUT2D eigenvalue weighted by atomic mass is 35.5. The van der Waals surface area contributed by atoms with Gasteiger partial charge in [0.05, 0.1) is 16.9 Å². The minimum atomic E-state index is -0.493. The van der Waals surface area contributed by atoms with Crippen LogP contribution in [0.2, 0.25) is 10.3 Å². The van der Waals surface area contributed by atoms with Crippen molar-refractivity contribution in [1.82, 2.24) is 14.9 Å². The summed E-state index contributed by atoms with van der Waals surface area (Å²) in [5.74, 6) is 0.238. The molecule has 0 radical (unpaired) electrons. The van der Waals surface area contributed by atoms with Crippen LogP contribution in [-0.2, 0) is 4.74 Å². The van der Waals surface area contributed by atoms with E-state index in [0.717, 1.165) is 30.5 Å². The zero-order valence-corrected chi connectivity index (χ0v) is 17.2. The molecule has 1 aromatic carbocycles. The Hall–Kier alpha value is -1.85. The second-order valence-electron chi connectivity index (χ2n) is 7.73. The molecule has 0 N–H and O–H groups in total. The molecule has 2 heterocycles. The number of amides is 1. The van der Waals surface area contributed by atoms with E-state index in [2.05, 4.69) is 22.1 Å². The van der Waals surface area contributed by atoms with Gasteiger partial charge in [-0.25, -0.2) is 14.8 Å². The van der Waals surface area contributed by atoms with Gasteiger partial charge in [0.25, 0.3) is 0 Å². The van der Waals surface area contributed by atoms with Crippen LogP contribution in [0.15, 0.2) is 30.5 Å². The van der Waals surface area contributed by atoms with Crippen LogP contribution in [0.1, 0.15) is 45.1 Å². The lowest BCUT2D eigenvalue weighted by molar-refractivity contribution is 0.0198. The average molecular weight is 408 g/mol. The summed E-state index contributed by atoms with van der Waals surface area (Å²) < 4.78 is 5.52. The zero-order chi connectivity index (χ0) is 19.6. The fraction of sp³-hybridized carbons (Fsp3) is 0.450. The molecule has 5 nitrogen and oxygen atoms in total. The molecule has 1 atom stereocenters. The Labute approximate surface area is 169 Å². The van der Waals surface area contributed by atoms with Gasteiger partial charge in [0, 0.05) is 24.6 Å². The molecule has 27 heavy (non-hydrogen) atoms. The van der Waals surface area contributed by atoms with Gasteiger partial charge in [-0.05, 0) is 56.8 Å². The number of likely N-dealkylation sites (tertiary alicyclic amines) is 1. The highest BCUT2D eigenvalue weighted by Crippen LogP contribution is 2.32. The summed E-state index contributed by atoms with van der Waals surface area (Å²) >= 11 is 12.2. The zero-order valence-electron chi connectivity index (χ0n) is 15.7. The number of ether oxygens (including phenoxy) is 1. The summed E-state index contributed by atoms with van der Waals surface area (Å²) in [7, 11) is 0. The van der Waals surface area contributed by atoms with E-state index in [0.29, 0.717) is 17.3 Å². The molecule has 0 saturated carbocycles. The van der Waals surface area contributed by atoms with Gasteiger partial charge < -0.3 is 9.64 Å². The number of hydrogen-bond acceptors (Lipinski definition) is 4. The number of benzene rings is 1. The molecule has 0 bridgehead atoms. The first kappa shape index (κ1) is 19.9. The number of nitrogens with zero attached hydrogens (tertiary/aromatic N) is 3. The lowest BCUT2D eigenvalue weighted by Crippen LogP contribution is -2.42. The van der Waals surface area contributed by atoms with E-state index in [4.69, 9.17) is 27.9 Å². The van der Waals surface area contributed by atoms with Gasteiger partial charge in [0.1, 0.15) is 5.60 Å². The Morgan fingerprint density at radius 3 is 2.81 bits per heavy atom. The van der Waals surface area contributed by atoms with Crippen LogP contribution >= 0.6 is 23.2 Å². The summed E-state index contributed by atoms with van der Waals surface area (Å²) in [5, 5.41) is 0.615. The molecule has 1 amide bonds. The van der Waals surface area contributed by atoms with Crippen LogP contribution in [0.5, 0.6) is 0 Å². The van der Waals surface area contributed by atoms with Crippen molar-refractivity contribution < 1.29 is 9.53 Å². The number of rotatable bonds is 2. The van der Waals surface area contributed by atoms with E-state index in [1.54, 1.807) is 4.90 Å². The first-order valence-electron chi connectivity index (χ1n) is 8.99. The van der Waals surface area contributed by atoms with E-state index in [1.807, 2.05) is 32.9 Å². The molecule has 0 aliphatic carbocycles. The van der Waals surface area contributed by atoms with Crippen molar-refractivity contribution in [2.24, 2.45) is 0 Å². The molecule has 1 fully saturated rings. The summed E-state index contributed by atoms with van der Waals surface area (Å²) in [6.45, 7) is 7.00. The molecule has 1 aliphatic rings. The van der Waals surface area contributed by atoms with Crippen molar-refractivity contribution in [3.05, 3.63) is 46.3 Å². The largest absolute Gasteiger partial charge is 0.444 e. The smallest absolute Gasteiger partial charge is 0.410 e. The number of aromatic nitrogens is 2. The second kappa shape index (κ2) is 8.03. The third kappa shape index (κ3) is 5.11. The highest BCUT2D eigenvalue weighted by Gasteiger charge is 2.28. The van der Waals surface area contributed by atoms with E-state index in [9.17, 15) is 4.79 Å². The summed E-state index contributed by atoms with van der Waals surface area (Å²) in [6.07, 6.45) is 3.20. The summed E-state index contributed by atoms with van der Waals surface area (Å²) in [5.41, 5.74) is 2.15. The molecule has 2 aromatic rings. The molecule has 1 saturated heterocycles. The van der Waals surface area contributed by atoms with Crippen LogP contribution in [0.4, 0.5) is 4.79 Å². The fourth-order valence-corrected chi connectivity index (χ4v) is 3.56.